The number of carbonyl (C=O) groups is 2. The number of ketones is 1. The van der Waals surface area contributed by atoms with Crippen LogP contribution in [0.5, 0.6) is 11.5 Å². The summed E-state index contributed by atoms with van der Waals surface area (Å²) in [5.41, 5.74) is 8.77. The Bertz CT molecular complexity index is 1700. The van der Waals surface area contributed by atoms with Crippen LogP contribution in [0.15, 0.2) is 61.8 Å². The van der Waals surface area contributed by atoms with Gasteiger partial charge in [0.2, 0.25) is 11.0 Å². The molecule has 1 aromatic carbocycles. The minimum Gasteiger partial charge on any atom is -0.493 e. The quantitative estimate of drug-likeness (QED) is 0.294. The molecule has 1 amide bonds. The summed E-state index contributed by atoms with van der Waals surface area (Å²) in [4.78, 5) is 27.9. The zero-order valence-electron chi connectivity index (χ0n) is 25.2. The van der Waals surface area contributed by atoms with Gasteiger partial charge in [0.05, 0.1) is 37.5 Å². The van der Waals surface area contributed by atoms with Gasteiger partial charge >= 0.3 is 0 Å². The minimum absolute atomic E-state index is 0.0515. The summed E-state index contributed by atoms with van der Waals surface area (Å²) in [5.74, 6) is 1.94. The van der Waals surface area contributed by atoms with Gasteiger partial charge in [0.25, 0.3) is 0 Å². The highest BCUT2D eigenvalue weighted by Gasteiger charge is 2.46. The lowest BCUT2D eigenvalue weighted by atomic mass is 9.69. The van der Waals surface area contributed by atoms with Crippen LogP contribution in [-0.4, -0.2) is 48.4 Å². The van der Waals surface area contributed by atoms with E-state index in [-0.39, 0.29) is 34.3 Å². The number of amides is 1. The Morgan fingerprint density at radius 3 is 2.68 bits per heavy atom. The van der Waals surface area contributed by atoms with E-state index in [0.29, 0.717) is 69.6 Å². The Balaban J connectivity index is 1.31. The van der Waals surface area contributed by atoms with Crippen LogP contribution < -0.4 is 25.4 Å². The highest BCUT2D eigenvalue weighted by atomic mass is 32.2. The Morgan fingerprint density at radius 2 is 2.00 bits per heavy atom. The van der Waals surface area contributed by atoms with Gasteiger partial charge in [-0.25, -0.2) is 0 Å². The molecular weight excluding hydrogens is 601 g/mol. The first-order chi connectivity index (χ1) is 21.0. The third-order valence-electron chi connectivity index (χ3n) is 7.52. The molecule has 1 aliphatic heterocycles. The Morgan fingerprint density at radius 1 is 1.23 bits per heavy atom. The van der Waals surface area contributed by atoms with E-state index in [0.717, 1.165) is 5.56 Å². The van der Waals surface area contributed by atoms with Crippen LogP contribution >= 0.6 is 23.1 Å². The molecule has 0 fully saturated rings. The zero-order chi connectivity index (χ0) is 31.6. The summed E-state index contributed by atoms with van der Waals surface area (Å²) < 4.78 is 17.1. The number of Topliss-reactive ketones (excluding diaryl/α,β-unsaturated/α-hetero) is 1. The van der Waals surface area contributed by atoms with E-state index in [2.05, 4.69) is 21.6 Å². The second-order valence-electron chi connectivity index (χ2n) is 11.4. The summed E-state index contributed by atoms with van der Waals surface area (Å²) in [6.07, 6.45) is 1.52. The number of nitrogens with two attached hydrogens (primary N) is 1. The van der Waals surface area contributed by atoms with E-state index in [1.165, 1.54) is 23.1 Å². The number of allylic oxidation sites excluding steroid dienone is 3. The number of thioether (sulfide) groups is 1. The molecule has 0 saturated carbocycles. The van der Waals surface area contributed by atoms with Crippen molar-refractivity contribution in [2.75, 3.05) is 31.4 Å². The summed E-state index contributed by atoms with van der Waals surface area (Å²) >= 11 is 2.51. The number of carbonyl (C=O) groups excluding carboxylic acids is 2. The maximum Gasteiger partial charge on any atom is 0.230 e. The fraction of sp³-hybridized carbons (Fsp3) is 0.387. The van der Waals surface area contributed by atoms with Crippen molar-refractivity contribution < 1.29 is 23.5 Å². The van der Waals surface area contributed by atoms with Crippen LogP contribution in [0.1, 0.15) is 49.7 Å². The average Bonchev–Trinajstić information content (AvgIpc) is 3.63. The van der Waals surface area contributed by atoms with Crippen LogP contribution in [0.4, 0.5) is 5.13 Å². The number of aromatic nitrogens is 2. The Kier molecular flexibility index (Phi) is 9.03. The van der Waals surface area contributed by atoms with Crippen LogP contribution in [0.25, 0.3) is 0 Å². The molecule has 2 aliphatic rings. The van der Waals surface area contributed by atoms with Gasteiger partial charge in [-0.05, 0) is 55.0 Å². The van der Waals surface area contributed by atoms with Gasteiger partial charge in [-0.15, -0.1) is 10.2 Å². The molecule has 0 spiro atoms. The maximum atomic E-state index is 13.6. The van der Waals surface area contributed by atoms with E-state index in [1.54, 1.807) is 25.2 Å². The van der Waals surface area contributed by atoms with Crippen molar-refractivity contribution in [2.45, 2.75) is 50.3 Å². The van der Waals surface area contributed by atoms with E-state index < -0.39 is 5.92 Å². The molecule has 0 bridgehead atoms. The predicted octanol–water partition coefficient (Wildman–Crippen LogP) is 4.85. The number of nitrogens with one attached hydrogen (secondary N) is 1. The van der Waals surface area contributed by atoms with Crippen LogP contribution in [-0.2, 0) is 16.0 Å². The topological polar surface area (TPSA) is 157 Å². The van der Waals surface area contributed by atoms with Crippen LogP contribution in [0.3, 0.4) is 0 Å². The highest BCUT2D eigenvalue weighted by Crippen LogP contribution is 2.51. The highest BCUT2D eigenvalue weighted by molar-refractivity contribution is 8.01. The van der Waals surface area contributed by atoms with Crippen molar-refractivity contribution >= 4 is 39.9 Å². The molecule has 11 nitrogen and oxygen atoms in total. The third-order valence-corrected chi connectivity index (χ3v) is 9.57. The lowest BCUT2D eigenvalue weighted by Crippen LogP contribution is -2.42. The second kappa shape index (κ2) is 12.8. The van der Waals surface area contributed by atoms with Gasteiger partial charge in [-0.1, -0.05) is 43.0 Å². The fourth-order valence-corrected chi connectivity index (χ4v) is 7.24. The Hall–Kier alpha value is -4.28. The number of ether oxygens (including phenoxy) is 2. The van der Waals surface area contributed by atoms with E-state index in [1.807, 2.05) is 45.0 Å². The zero-order valence-corrected chi connectivity index (χ0v) is 26.9. The minimum atomic E-state index is -0.687. The van der Waals surface area contributed by atoms with Crippen molar-refractivity contribution in [2.24, 2.45) is 11.1 Å². The number of hydrogen-bond acceptors (Lipinski definition) is 12. The fourth-order valence-electron chi connectivity index (χ4n) is 5.53. The largest absolute Gasteiger partial charge is 0.493 e. The van der Waals surface area contributed by atoms with Gasteiger partial charge in [-0.3, -0.25) is 14.5 Å². The van der Waals surface area contributed by atoms with E-state index in [9.17, 15) is 14.9 Å². The number of furan rings is 1. The number of anilines is 1. The normalized spacial score (nSPS) is 17.8. The molecule has 0 saturated heterocycles. The number of benzene rings is 1. The maximum absolute atomic E-state index is 13.6. The number of nitrogens with zero attached hydrogens (tertiary/aromatic N) is 4. The number of aryl methyl sites for hydroxylation is 1. The van der Waals surface area contributed by atoms with Gasteiger partial charge in [-0.2, -0.15) is 5.26 Å². The monoisotopic (exact) mass is 634 g/mol. The van der Waals surface area contributed by atoms with Crippen molar-refractivity contribution in [3.05, 3.63) is 70.1 Å². The first-order valence-corrected chi connectivity index (χ1v) is 15.8. The summed E-state index contributed by atoms with van der Waals surface area (Å²) in [6.45, 7) is 6.34. The molecule has 3 heterocycles. The van der Waals surface area contributed by atoms with E-state index >= 15 is 0 Å². The van der Waals surface area contributed by atoms with Crippen molar-refractivity contribution in [3.8, 4) is 17.6 Å². The lowest BCUT2D eigenvalue weighted by molar-refractivity contribution is -0.119. The molecule has 5 rings (SSSR count). The SMILES string of the molecule is COc1ccc(CCNC(=O)CSc2nnc(N3C(N)=C(C#N)C(c4ccc(C)o4)C4=C3CC(C)(C)CC4=O)s2)cc1OC. The van der Waals surface area contributed by atoms with Crippen molar-refractivity contribution in [1.29, 1.82) is 5.26 Å². The number of rotatable bonds is 10. The number of hydrogen-bond donors (Lipinski definition) is 2. The molecule has 1 unspecified atom stereocenters. The molecule has 1 atom stereocenters. The molecule has 2 aromatic heterocycles. The average molecular weight is 635 g/mol. The molecule has 44 heavy (non-hydrogen) atoms. The van der Waals surface area contributed by atoms with Crippen LogP contribution in [0, 0.1) is 23.7 Å². The van der Waals surface area contributed by atoms with Gasteiger partial charge in [0.15, 0.2) is 21.6 Å². The van der Waals surface area contributed by atoms with Crippen molar-refractivity contribution in [3.63, 3.8) is 0 Å². The summed E-state index contributed by atoms with van der Waals surface area (Å²) in [5, 5.41) is 22.2. The summed E-state index contributed by atoms with van der Waals surface area (Å²) in [7, 11) is 3.17. The second-order valence-corrected chi connectivity index (χ2v) is 13.5. The third kappa shape index (κ3) is 6.32. The van der Waals surface area contributed by atoms with Crippen molar-refractivity contribution in [1.82, 2.24) is 15.5 Å². The first kappa shape index (κ1) is 31.2. The van der Waals surface area contributed by atoms with Gasteiger partial charge in [0.1, 0.15) is 17.3 Å². The predicted molar refractivity (Wildman–Crippen MR) is 167 cm³/mol. The van der Waals surface area contributed by atoms with E-state index in [4.69, 9.17) is 19.6 Å². The smallest absolute Gasteiger partial charge is 0.230 e. The number of nitriles is 1. The van der Waals surface area contributed by atoms with Gasteiger partial charge in [0, 0.05) is 24.2 Å². The van der Waals surface area contributed by atoms with Crippen LogP contribution in [0.2, 0.25) is 0 Å². The lowest BCUT2D eigenvalue weighted by Gasteiger charge is -2.42. The Labute approximate surface area is 264 Å². The molecule has 3 N–H and O–H groups in total. The standard InChI is InChI=1S/C31H34N6O5S2/c1-17-6-8-23(42-17)26-19(15-32)28(33)37(20-13-31(2,3)14-21(38)27(20)26)29-35-36-30(44-29)43-16-25(39)34-11-10-18-7-9-22(40-4)24(12-18)41-5/h6-9,12,26H,10-11,13-14,16,33H2,1-5H3,(H,34,39). The molecule has 13 heteroatoms. The first-order valence-electron chi connectivity index (χ1n) is 14.0. The number of methoxy groups -OCH3 is 2. The summed E-state index contributed by atoms with van der Waals surface area (Å²) in [6, 6.07) is 11.5. The molecule has 1 aliphatic carbocycles. The molecule has 3 aromatic rings. The molecular formula is C31H34N6O5S2. The van der Waals surface area contributed by atoms with Gasteiger partial charge < -0.3 is 24.9 Å². The molecule has 230 valence electrons. The molecule has 0 radical (unpaired) electrons.